The summed E-state index contributed by atoms with van der Waals surface area (Å²) < 4.78 is 1.05. The second-order valence-corrected chi connectivity index (χ2v) is 0.758. The van der Waals surface area contributed by atoms with Crippen LogP contribution in [-0.4, -0.2) is 10.4 Å². The molecule has 4 heteroatoms. The summed E-state index contributed by atoms with van der Waals surface area (Å²) in [4.78, 5) is 0. The van der Waals surface area contributed by atoms with Gasteiger partial charge in [0.2, 0.25) is 5.27 Å². The second kappa shape index (κ2) is 0.965. The predicted octanol–water partition coefficient (Wildman–Crippen LogP) is -1.12. The minimum atomic E-state index is 1.05. The summed E-state index contributed by atoms with van der Waals surface area (Å²) in [5.41, 5.74) is 0. The van der Waals surface area contributed by atoms with E-state index in [1.54, 1.807) is 0 Å². The Morgan fingerprint density at radius 2 is 2.50 bits per heavy atom. The minimum Gasteiger partial charge on any atom is -0.521 e. The fourth-order valence-electron chi connectivity index (χ4n) is 0.180. The van der Waals surface area contributed by atoms with Gasteiger partial charge in [-0.15, -0.1) is 0 Å². The Morgan fingerprint density at radius 1 is 1.67 bits per heavy atom. The fourth-order valence-corrected chi connectivity index (χ4v) is 0.180. The molecule has 0 spiro atoms. The molecule has 0 radical (unpaired) electrons. The van der Waals surface area contributed by atoms with E-state index in [-0.39, 0.29) is 0 Å². The van der Waals surface area contributed by atoms with E-state index in [9.17, 15) is 5.26 Å². The Hall–Kier alpha value is -1.06. The van der Waals surface area contributed by atoms with Crippen LogP contribution in [0.2, 0.25) is 0 Å². The van der Waals surface area contributed by atoms with E-state index in [1.165, 1.54) is 6.20 Å². The highest BCUT2D eigenvalue weighted by molar-refractivity contribution is 4.49. The number of aromatic nitrogens is 2. The molecule has 0 fully saturated rings. The summed E-state index contributed by atoms with van der Waals surface area (Å²) in [5, 5.41) is 15.9. The maximum atomic E-state index is 9.73. The second-order valence-electron chi connectivity index (χ2n) is 0.758. The molecule has 0 N–H and O–H groups in total. The van der Waals surface area contributed by atoms with Gasteiger partial charge in [-0.2, -0.15) is 0 Å². The van der Waals surface area contributed by atoms with Crippen LogP contribution in [0.15, 0.2) is 16.8 Å². The number of hydrogen-bond donors (Lipinski definition) is 0. The molecule has 1 aromatic heterocycles. The maximum Gasteiger partial charge on any atom is 0.295 e. The van der Waals surface area contributed by atoms with Crippen LogP contribution in [0.5, 0.6) is 0 Å². The van der Waals surface area contributed by atoms with Crippen molar-refractivity contribution in [3.63, 3.8) is 0 Å². The Balaban J connectivity index is 3.05. The lowest BCUT2D eigenvalue weighted by Gasteiger charge is -1.83. The molecule has 0 saturated carbocycles. The van der Waals surface area contributed by atoms with Crippen LogP contribution in [0.25, 0.3) is 0 Å². The molecule has 1 heterocycles. The molecule has 0 aliphatic rings. The highest BCUT2D eigenvalue weighted by Gasteiger charge is 1.78. The van der Waals surface area contributed by atoms with Crippen LogP contribution in [0.3, 0.4) is 0 Å². The number of rotatable bonds is 0. The van der Waals surface area contributed by atoms with E-state index in [2.05, 4.69) is 10.4 Å². The van der Waals surface area contributed by atoms with Crippen molar-refractivity contribution in [2.75, 3.05) is 0 Å². The third-order valence-electron chi connectivity index (χ3n) is 0.372. The third kappa shape index (κ3) is 0.314. The minimum absolute atomic E-state index is 1.05. The molecular weight excluding hydrogens is 84.0 g/mol. The molecule has 0 saturated heterocycles. The predicted molar refractivity (Wildman–Crippen MR) is 14.3 cm³/mol. The van der Waals surface area contributed by atoms with Crippen LogP contribution in [0.1, 0.15) is 0 Å². The van der Waals surface area contributed by atoms with Gasteiger partial charge in [0.25, 0.3) is 6.26 Å². The van der Waals surface area contributed by atoms with Crippen LogP contribution in [0.4, 0.5) is 0 Å². The van der Waals surface area contributed by atoms with E-state index in [4.69, 9.17) is 0 Å². The van der Waals surface area contributed by atoms with Gasteiger partial charge in [0.1, 0.15) is 0 Å². The first-order valence-electron chi connectivity index (χ1n) is 1.38. The molecule has 0 aliphatic carbocycles. The van der Waals surface area contributed by atoms with Crippen molar-refractivity contribution in [3.05, 3.63) is 12.5 Å². The van der Waals surface area contributed by atoms with Crippen LogP contribution in [0, 0.1) is 0 Å². The Bertz CT molecular complexity index is 113. The first-order valence-corrected chi connectivity index (χ1v) is 1.38. The number of hydrogen-bond acceptors (Lipinski definition) is 3. The molecule has 1 aromatic rings. The molecule has 1 rings (SSSR count). The first-order chi connectivity index (χ1) is 2.89. The third-order valence-corrected chi connectivity index (χ3v) is 0.372. The number of nitrogens with zero attached hydrogens (tertiary/aromatic N) is 2. The van der Waals surface area contributed by atoms with Gasteiger partial charge in [0.05, 0.1) is 0 Å². The summed E-state index contributed by atoms with van der Waals surface area (Å²) in [6, 6.07) is 0. The highest BCUT2D eigenvalue weighted by atomic mass is 17.2. The van der Waals surface area contributed by atoms with Gasteiger partial charge in [0.15, 0.2) is 6.20 Å². The molecule has 0 unspecified atom stereocenters. The summed E-state index contributed by atoms with van der Waals surface area (Å²) in [5.74, 6) is 0. The zero-order valence-electron chi connectivity index (χ0n) is 2.87. The molecule has 6 heavy (non-hydrogen) atoms. The SMILES string of the molecule is [O-][o+]1ccnn1. The Kier molecular flexibility index (Phi) is 0.506. The van der Waals surface area contributed by atoms with E-state index in [0.29, 0.717) is 0 Å². The Morgan fingerprint density at radius 3 is 2.67 bits per heavy atom. The average Bonchev–Trinajstić information content (AvgIpc) is 1.86. The van der Waals surface area contributed by atoms with Crippen LogP contribution in [-0.2, 0) is 0 Å². The smallest absolute Gasteiger partial charge is 0.295 e. The summed E-state index contributed by atoms with van der Waals surface area (Å²) in [6.07, 6.45) is 2.43. The van der Waals surface area contributed by atoms with Gasteiger partial charge in [-0.25, -0.2) is 0 Å². The normalized spacial score (nSPS) is 8.67. The highest BCUT2D eigenvalue weighted by Crippen LogP contribution is 1.74. The van der Waals surface area contributed by atoms with Gasteiger partial charge in [0, 0.05) is 0 Å². The van der Waals surface area contributed by atoms with E-state index in [1.807, 2.05) is 0 Å². The van der Waals surface area contributed by atoms with Crippen LogP contribution < -0.4 is 5.26 Å². The summed E-state index contributed by atoms with van der Waals surface area (Å²) in [6.45, 7) is 0. The van der Waals surface area contributed by atoms with Crippen molar-refractivity contribution in [1.29, 1.82) is 0 Å². The van der Waals surface area contributed by atoms with Gasteiger partial charge in [-0.05, 0) is 0 Å². The average molecular weight is 86.1 g/mol. The quantitative estimate of drug-likeness (QED) is 0.297. The van der Waals surface area contributed by atoms with Crippen molar-refractivity contribution < 1.29 is 9.56 Å². The lowest BCUT2D eigenvalue weighted by molar-refractivity contribution is -0.720. The summed E-state index contributed by atoms with van der Waals surface area (Å²) >= 11 is 0. The van der Waals surface area contributed by atoms with E-state index in [0.717, 1.165) is 10.6 Å². The fraction of sp³-hybridized carbons (Fsp3) is 0. The molecule has 0 aromatic carbocycles. The molecule has 0 bridgehead atoms. The zero-order chi connectivity index (χ0) is 4.41. The van der Waals surface area contributed by atoms with E-state index < -0.39 is 0 Å². The van der Waals surface area contributed by atoms with Crippen molar-refractivity contribution in [3.8, 4) is 0 Å². The molecule has 0 atom stereocenters. The van der Waals surface area contributed by atoms with Crippen molar-refractivity contribution in [2.45, 2.75) is 0 Å². The van der Waals surface area contributed by atoms with Gasteiger partial charge in [-0.3, -0.25) is 0 Å². The first kappa shape index (κ1) is 3.14. The summed E-state index contributed by atoms with van der Waals surface area (Å²) in [7, 11) is 0. The lowest BCUT2D eigenvalue weighted by Crippen LogP contribution is -1.97. The zero-order valence-corrected chi connectivity index (χ0v) is 2.87. The molecule has 0 aliphatic heterocycles. The van der Waals surface area contributed by atoms with Gasteiger partial charge < -0.3 is 9.56 Å². The lowest BCUT2D eigenvalue weighted by atomic mass is 11.0. The van der Waals surface area contributed by atoms with Gasteiger partial charge >= 0.3 is 0 Å². The Labute approximate surface area is 33.6 Å². The molecule has 32 valence electrons. The molecule has 0 amide bonds. The van der Waals surface area contributed by atoms with Crippen molar-refractivity contribution in [2.24, 2.45) is 0 Å². The standard InChI is InChI=1S/C2H2N2O2/c5-6-2-1-3-4-6/h1-2H. The molecule has 4 nitrogen and oxygen atoms in total. The molecular formula is C2H2N2O2. The van der Waals surface area contributed by atoms with Crippen molar-refractivity contribution >= 4 is 0 Å². The van der Waals surface area contributed by atoms with Crippen molar-refractivity contribution in [1.82, 2.24) is 10.4 Å². The largest absolute Gasteiger partial charge is 0.521 e. The maximum absolute atomic E-state index is 9.73. The van der Waals surface area contributed by atoms with E-state index >= 15 is 0 Å². The van der Waals surface area contributed by atoms with Gasteiger partial charge in [-0.1, -0.05) is 5.10 Å². The monoisotopic (exact) mass is 86.0 g/mol. The van der Waals surface area contributed by atoms with Crippen LogP contribution >= 0.6 is 0 Å². The topological polar surface area (TPSA) is 51.5 Å².